The van der Waals surface area contributed by atoms with Crippen LogP contribution in [0.25, 0.3) is 11.2 Å². The molecular formula is C16H17ClN6. The minimum Gasteiger partial charge on any atom is -0.363 e. The first-order valence-corrected chi connectivity index (χ1v) is 7.96. The van der Waals surface area contributed by atoms with Gasteiger partial charge in [0.2, 0.25) is 0 Å². The fraction of sp³-hybridized carbons (Fsp3) is 0.312. The van der Waals surface area contributed by atoms with Crippen LogP contribution in [-0.4, -0.2) is 44.5 Å². The molecule has 0 amide bonds. The van der Waals surface area contributed by atoms with Crippen molar-refractivity contribution in [3.63, 3.8) is 0 Å². The van der Waals surface area contributed by atoms with Crippen molar-refractivity contribution >= 4 is 28.6 Å². The first-order chi connectivity index (χ1) is 11.2. The minimum absolute atomic E-state index is 0.266. The third-order valence-corrected chi connectivity index (χ3v) is 4.66. The highest BCUT2D eigenvalue weighted by atomic mass is 35.5. The molecule has 0 saturated carbocycles. The lowest BCUT2D eigenvalue weighted by molar-refractivity contribution is 0.309. The molecule has 1 fully saturated rings. The monoisotopic (exact) mass is 328 g/mol. The van der Waals surface area contributed by atoms with Crippen LogP contribution in [0.5, 0.6) is 0 Å². The van der Waals surface area contributed by atoms with Crippen molar-refractivity contribution in [2.75, 3.05) is 18.9 Å². The first-order valence-electron chi connectivity index (χ1n) is 7.59. The number of likely N-dealkylation sites (N-methyl/N-ethyl adjacent to an activating group) is 1. The summed E-state index contributed by atoms with van der Waals surface area (Å²) in [6.07, 6.45) is 4.23. The van der Waals surface area contributed by atoms with Gasteiger partial charge in [-0.05, 0) is 31.2 Å². The molecule has 4 rings (SSSR count). The van der Waals surface area contributed by atoms with Crippen molar-refractivity contribution in [3.05, 3.63) is 47.5 Å². The predicted octanol–water partition coefficient (Wildman–Crippen LogP) is 2.86. The maximum absolute atomic E-state index is 6.02. The number of fused-ring (bicyclic) bond motifs is 1. The third-order valence-electron chi connectivity index (χ3n) is 4.41. The smallest absolute Gasteiger partial charge is 0.182 e. The van der Waals surface area contributed by atoms with E-state index in [0.717, 1.165) is 29.3 Å². The third kappa shape index (κ3) is 2.64. The molecule has 1 saturated heterocycles. The summed E-state index contributed by atoms with van der Waals surface area (Å²) in [5, 5.41) is 4.32. The quantitative estimate of drug-likeness (QED) is 0.773. The van der Waals surface area contributed by atoms with Gasteiger partial charge in [-0.1, -0.05) is 23.7 Å². The van der Waals surface area contributed by atoms with E-state index in [4.69, 9.17) is 11.6 Å². The second-order valence-electron chi connectivity index (χ2n) is 5.84. The zero-order valence-corrected chi connectivity index (χ0v) is 13.5. The summed E-state index contributed by atoms with van der Waals surface area (Å²) < 4.78 is 0. The summed E-state index contributed by atoms with van der Waals surface area (Å²) >= 11 is 6.02. The lowest BCUT2D eigenvalue weighted by Gasteiger charge is -2.26. The molecule has 0 aliphatic carbocycles. The Morgan fingerprint density at radius 1 is 1.22 bits per heavy atom. The summed E-state index contributed by atoms with van der Waals surface area (Å²) in [7, 11) is 2.15. The van der Waals surface area contributed by atoms with E-state index >= 15 is 0 Å². The lowest BCUT2D eigenvalue weighted by atomic mass is 10.0. The number of aromatic amines is 1. The average molecular weight is 329 g/mol. The van der Waals surface area contributed by atoms with Gasteiger partial charge in [0, 0.05) is 17.6 Å². The highest BCUT2D eigenvalue weighted by Gasteiger charge is 2.33. The van der Waals surface area contributed by atoms with E-state index in [2.05, 4.69) is 49.3 Å². The van der Waals surface area contributed by atoms with Crippen LogP contribution in [0, 0.1) is 0 Å². The number of nitrogens with zero attached hydrogens (tertiary/aromatic N) is 4. The van der Waals surface area contributed by atoms with Crippen LogP contribution in [0.4, 0.5) is 5.82 Å². The Balaban J connectivity index is 1.65. The number of imidazole rings is 1. The summed E-state index contributed by atoms with van der Waals surface area (Å²) in [4.78, 5) is 18.2. The molecule has 0 radical (unpaired) electrons. The molecule has 0 spiro atoms. The van der Waals surface area contributed by atoms with Crippen LogP contribution >= 0.6 is 11.6 Å². The molecule has 118 valence electrons. The molecule has 2 aromatic heterocycles. The number of hydrogen-bond acceptors (Lipinski definition) is 5. The number of nitrogens with one attached hydrogen (secondary N) is 2. The van der Waals surface area contributed by atoms with Gasteiger partial charge in [-0.15, -0.1) is 0 Å². The predicted molar refractivity (Wildman–Crippen MR) is 90.5 cm³/mol. The normalized spacial score (nSPS) is 21.8. The number of anilines is 1. The second kappa shape index (κ2) is 5.79. The van der Waals surface area contributed by atoms with Crippen LogP contribution < -0.4 is 5.32 Å². The van der Waals surface area contributed by atoms with Crippen LogP contribution in [0.3, 0.4) is 0 Å². The number of rotatable bonds is 3. The van der Waals surface area contributed by atoms with Crippen molar-refractivity contribution in [1.29, 1.82) is 0 Å². The van der Waals surface area contributed by atoms with Crippen LogP contribution in [0.15, 0.2) is 36.9 Å². The molecule has 3 aromatic rings. The van der Waals surface area contributed by atoms with E-state index in [9.17, 15) is 0 Å². The molecule has 0 unspecified atom stereocenters. The molecule has 0 bridgehead atoms. The summed E-state index contributed by atoms with van der Waals surface area (Å²) in [5.74, 6) is 0.798. The molecule has 2 atom stereocenters. The van der Waals surface area contributed by atoms with E-state index in [-0.39, 0.29) is 12.1 Å². The fourth-order valence-electron chi connectivity index (χ4n) is 3.29. The number of benzene rings is 1. The summed E-state index contributed by atoms with van der Waals surface area (Å²) in [5.41, 5.74) is 2.77. The Kier molecular flexibility index (Phi) is 3.63. The van der Waals surface area contributed by atoms with Crippen LogP contribution in [0.2, 0.25) is 5.02 Å². The maximum atomic E-state index is 6.02. The number of halogens is 1. The zero-order chi connectivity index (χ0) is 15.8. The van der Waals surface area contributed by atoms with E-state index in [1.807, 2.05) is 12.1 Å². The molecule has 6 nitrogen and oxygen atoms in total. The minimum atomic E-state index is 0.266. The van der Waals surface area contributed by atoms with Gasteiger partial charge < -0.3 is 10.3 Å². The van der Waals surface area contributed by atoms with Gasteiger partial charge >= 0.3 is 0 Å². The highest BCUT2D eigenvalue weighted by Crippen LogP contribution is 2.34. The lowest BCUT2D eigenvalue weighted by Crippen LogP contribution is -2.29. The van der Waals surface area contributed by atoms with Crippen molar-refractivity contribution in [2.24, 2.45) is 0 Å². The van der Waals surface area contributed by atoms with Gasteiger partial charge in [0.15, 0.2) is 11.5 Å². The maximum Gasteiger partial charge on any atom is 0.182 e. The molecule has 3 heterocycles. The van der Waals surface area contributed by atoms with Gasteiger partial charge in [0.05, 0.1) is 12.4 Å². The van der Waals surface area contributed by atoms with Crippen molar-refractivity contribution in [2.45, 2.75) is 18.5 Å². The van der Waals surface area contributed by atoms with Gasteiger partial charge in [-0.3, -0.25) is 4.90 Å². The van der Waals surface area contributed by atoms with E-state index < -0.39 is 0 Å². The molecular weight excluding hydrogens is 312 g/mol. The number of H-pyrrole nitrogens is 1. The zero-order valence-electron chi connectivity index (χ0n) is 12.7. The average Bonchev–Trinajstić information content (AvgIpc) is 3.16. The first kappa shape index (κ1) is 14.4. The Hall–Kier alpha value is -2.18. The van der Waals surface area contributed by atoms with Crippen molar-refractivity contribution < 1.29 is 0 Å². The van der Waals surface area contributed by atoms with E-state index in [0.29, 0.717) is 5.65 Å². The standard InChI is InChI=1S/C16H17ClN6/c1-23-7-6-12(14(23)10-2-4-11(17)5-3-10)22-16-13-15(19-8-18-13)20-9-21-16/h2-5,8-9,12,14H,6-7H2,1H3,(H2,18,19,20,21,22)/t12-,14+/m1/s1. The number of aromatic nitrogens is 4. The molecule has 7 heteroatoms. The topological polar surface area (TPSA) is 69.7 Å². The van der Waals surface area contributed by atoms with Gasteiger partial charge in [-0.2, -0.15) is 0 Å². The summed E-state index contributed by atoms with van der Waals surface area (Å²) in [6, 6.07) is 8.61. The highest BCUT2D eigenvalue weighted by molar-refractivity contribution is 6.30. The van der Waals surface area contributed by atoms with Gasteiger partial charge in [0.1, 0.15) is 11.8 Å². The Labute approximate surface area is 138 Å². The van der Waals surface area contributed by atoms with E-state index in [1.165, 1.54) is 5.56 Å². The Bertz CT molecular complexity index is 815. The Morgan fingerprint density at radius 2 is 2.04 bits per heavy atom. The van der Waals surface area contributed by atoms with Gasteiger partial charge in [-0.25, -0.2) is 15.0 Å². The molecule has 23 heavy (non-hydrogen) atoms. The second-order valence-corrected chi connectivity index (χ2v) is 6.28. The molecule has 1 aliphatic rings. The van der Waals surface area contributed by atoms with Crippen molar-refractivity contribution in [1.82, 2.24) is 24.8 Å². The number of likely N-dealkylation sites (tertiary alicyclic amines) is 1. The van der Waals surface area contributed by atoms with Crippen LogP contribution in [-0.2, 0) is 0 Å². The van der Waals surface area contributed by atoms with Gasteiger partial charge in [0.25, 0.3) is 0 Å². The largest absolute Gasteiger partial charge is 0.363 e. The molecule has 2 N–H and O–H groups in total. The SMILES string of the molecule is CN1CC[C@@H](Nc2ncnc3nc[nH]c23)[C@@H]1c1ccc(Cl)cc1. The molecule has 1 aromatic carbocycles. The fourth-order valence-corrected chi connectivity index (χ4v) is 3.42. The summed E-state index contributed by atoms with van der Waals surface area (Å²) in [6.45, 7) is 1.03. The molecule has 1 aliphatic heterocycles. The number of hydrogen-bond donors (Lipinski definition) is 2. The Morgan fingerprint density at radius 3 is 2.87 bits per heavy atom. The van der Waals surface area contributed by atoms with Crippen molar-refractivity contribution in [3.8, 4) is 0 Å². The van der Waals surface area contributed by atoms with E-state index in [1.54, 1.807) is 12.7 Å². The van der Waals surface area contributed by atoms with Crippen LogP contribution in [0.1, 0.15) is 18.0 Å².